The van der Waals surface area contributed by atoms with Crippen LogP contribution in [0.3, 0.4) is 0 Å². The lowest BCUT2D eigenvalue weighted by Gasteiger charge is -2.26. The zero-order chi connectivity index (χ0) is 15.3. The SMILES string of the molecule is CC(C)Cc1nnc2n1N1C(=CSC1c1ccc(Br)cc1)S2. The van der Waals surface area contributed by atoms with Crippen LogP contribution in [0.1, 0.15) is 30.6 Å². The molecule has 0 spiro atoms. The Morgan fingerprint density at radius 2 is 2.00 bits per heavy atom. The van der Waals surface area contributed by atoms with E-state index in [1.807, 2.05) is 11.8 Å². The van der Waals surface area contributed by atoms with E-state index in [2.05, 4.69) is 79.3 Å². The monoisotopic (exact) mass is 394 g/mol. The Bertz CT molecular complexity index is 739. The predicted octanol–water partition coefficient (Wildman–Crippen LogP) is 4.53. The van der Waals surface area contributed by atoms with Crippen molar-refractivity contribution in [3.63, 3.8) is 0 Å². The standard InChI is InChI=1S/C15H15BrN4S2/c1-9(2)7-12-17-18-15-19(12)20-13(22-15)8-21-14(20)10-3-5-11(16)6-4-10/h3-6,8-9,14H,7H2,1-2H3. The lowest BCUT2D eigenvalue weighted by Crippen LogP contribution is -2.31. The highest BCUT2D eigenvalue weighted by Crippen LogP contribution is 2.51. The molecule has 1 aromatic carbocycles. The van der Waals surface area contributed by atoms with Crippen LogP contribution in [-0.2, 0) is 6.42 Å². The molecule has 4 rings (SSSR count). The summed E-state index contributed by atoms with van der Waals surface area (Å²) < 4.78 is 3.30. The minimum absolute atomic E-state index is 0.249. The highest BCUT2D eigenvalue weighted by Gasteiger charge is 2.39. The van der Waals surface area contributed by atoms with Gasteiger partial charge >= 0.3 is 0 Å². The van der Waals surface area contributed by atoms with Crippen LogP contribution >= 0.6 is 39.5 Å². The van der Waals surface area contributed by atoms with Gasteiger partial charge in [-0.15, -0.1) is 10.2 Å². The lowest BCUT2D eigenvalue weighted by atomic mass is 10.1. The van der Waals surface area contributed by atoms with Crippen molar-refractivity contribution < 1.29 is 0 Å². The third kappa shape index (κ3) is 2.39. The van der Waals surface area contributed by atoms with E-state index in [1.54, 1.807) is 11.8 Å². The van der Waals surface area contributed by atoms with E-state index in [1.165, 1.54) is 10.6 Å². The summed E-state index contributed by atoms with van der Waals surface area (Å²) in [4.78, 5) is 0. The summed E-state index contributed by atoms with van der Waals surface area (Å²) in [5, 5.41) is 15.8. The van der Waals surface area contributed by atoms with E-state index in [9.17, 15) is 0 Å². The first-order valence-electron chi connectivity index (χ1n) is 7.16. The summed E-state index contributed by atoms with van der Waals surface area (Å²) in [5.41, 5.74) is 1.29. The highest BCUT2D eigenvalue weighted by atomic mass is 79.9. The molecule has 0 saturated heterocycles. The summed E-state index contributed by atoms with van der Waals surface area (Å²) in [5.74, 6) is 1.61. The Kier molecular flexibility index (Phi) is 3.74. The number of hydrogen-bond donors (Lipinski definition) is 0. The summed E-state index contributed by atoms with van der Waals surface area (Å²) >= 11 is 7.05. The molecular weight excluding hydrogens is 380 g/mol. The summed E-state index contributed by atoms with van der Waals surface area (Å²) in [7, 11) is 0. The molecule has 2 aliphatic heterocycles. The van der Waals surface area contributed by atoms with Crippen molar-refractivity contribution in [2.75, 3.05) is 5.01 Å². The number of halogens is 1. The fourth-order valence-corrected chi connectivity index (χ4v) is 5.14. The number of aromatic nitrogens is 3. The zero-order valence-electron chi connectivity index (χ0n) is 12.2. The molecule has 2 aromatic rings. The number of benzene rings is 1. The second kappa shape index (κ2) is 5.62. The molecule has 0 aliphatic carbocycles. The van der Waals surface area contributed by atoms with E-state index in [0.29, 0.717) is 5.92 Å². The zero-order valence-corrected chi connectivity index (χ0v) is 15.5. The topological polar surface area (TPSA) is 34.0 Å². The molecule has 7 heteroatoms. The van der Waals surface area contributed by atoms with Crippen LogP contribution in [0.5, 0.6) is 0 Å². The van der Waals surface area contributed by atoms with Crippen LogP contribution in [0, 0.1) is 5.92 Å². The van der Waals surface area contributed by atoms with Crippen LogP contribution in [-0.4, -0.2) is 14.9 Å². The number of thioether (sulfide) groups is 2. The van der Waals surface area contributed by atoms with E-state index in [-0.39, 0.29) is 5.37 Å². The van der Waals surface area contributed by atoms with Gasteiger partial charge in [-0.3, -0.25) is 5.01 Å². The molecule has 2 aliphatic rings. The van der Waals surface area contributed by atoms with Crippen molar-refractivity contribution in [3.8, 4) is 0 Å². The van der Waals surface area contributed by atoms with Gasteiger partial charge in [-0.2, -0.15) is 0 Å². The highest BCUT2D eigenvalue weighted by molar-refractivity contribution is 9.10. The van der Waals surface area contributed by atoms with Gasteiger partial charge in [0.1, 0.15) is 10.4 Å². The van der Waals surface area contributed by atoms with Gasteiger partial charge in [0.25, 0.3) is 0 Å². The second-order valence-corrected chi connectivity index (χ2v) is 8.61. The molecule has 1 unspecified atom stereocenters. The fraction of sp³-hybridized carbons (Fsp3) is 0.333. The predicted molar refractivity (Wildman–Crippen MR) is 95.2 cm³/mol. The smallest absolute Gasteiger partial charge is 0.216 e. The van der Waals surface area contributed by atoms with Gasteiger partial charge in [0, 0.05) is 16.3 Å². The lowest BCUT2D eigenvalue weighted by molar-refractivity contribution is 0.552. The second-order valence-electron chi connectivity index (χ2n) is 5.75. The third-order valence-corrected chi connectivity index (χ3v) is 6.30. The maximum Gasteiger partial charge on any atom is 0.216 e. The van der Waals surface area contributed by atoms with E-state index in [0.717, 1.165) is 21.9 Å². The molecule has 22 heavy (non-hydrogen) atoms. The average Bonchev–Trinajstić information content (AvgIpc) is 3.12. The first kappa shape index (κ1) is 14.7. The third-order valence-electron chi connectivity index (χ3n) is 3.58. The Balaban J connectivity index is 1.72. The van der Waals surface area contributed by atoms with Gasteiger partial charge in [-0.05, 0) is 35.4 Å². The van der Waals surface area contributed by atoms with Crippen molar-refractivity contribution in [2.45, 2.75) is 30.8 Å². The number of hydrogen-bond acceptors (Lipinski definition) is 5. The van der Waals surface area contributed by atoms with Crippen molar-refractivity contribution in [3.05, 3.63) is 50.6 Å². The van der Waals surface area contributed by atoms with Crippen LogP contribution in [0.25, 0.3) is 0 Å². The quantitative estimate of drug-likeness (QED) is 0.763. The molecule has 3 heterocycles. The molecule has 0 amide bonds. The first-order chi connectivity index (χ1) is 10.6. The molecule has 0 radical (unpaired) electrons. The minimum Gasteiger partial charge on any atom is -0.252 e. The minimum atomic E-state index is 0.249. The van der Waals surface area contributed by atoms with E-state index < -0.39 is 0 Å². The largest absolute Gasteiger partial charge is 0.252 e. The van der Waals surface area contributed by atoms with Gasteiger partial charge in [0.15, 0.2) is 5.82 Å². The van der Waals surface area contributed by atoms with E-state index >= 15 is 0 Å². The molecule has 1 atom stereocenters. The van der Waals surface area contributed by atoms with Crippen LogP contribution in [0.15, 0.2) is 44.3 Å². The molecule has 4 nitrogen and oxygen atoms in total. The number of fused-ring (bicyclic) bond motifs is 3. The van der Waals surface area contributed by atoms with Crippen molar-refractivity contribution in [1.29, 1.82) is 0 Å². The Hall–Kier alpha value is -0.920. The number of rotatable bonds is 3. The van der Waals surface area contributed by atoms with Crippen LogP contribution < -0.4 is 5.01 Å². The van der Waals surface area contributed by atoms with Gasteiger partial charge in [0.2, 0.25) is 5.16 Å². The molecular formula is C15H15BrN4S2. The van der Waals surface area contributed by atoms with Gasteiger partial charge in [0.05, 0.1) is 0 Å². The Labute approximate surface area is 146 Å². The molecule has 0 bridgehead atoms. The summed E-state index contributed by atoms with van der Waals surface area (Å²) in [6.07, 6.45) is 0.940. The van der Waals surface area contributed by atoms with Gasteiger partial charge < -0.3 is 0 Å². The molecule has 0 N–H and O–H groups in total. The van der Waals surface area contributed by atoms with E-state index in [4.69, 9.17) is 0 Å². The molecule has 114 valence electrons. The van der Waals surface area contributed by atoms with Crippen LogP contribution in [0.2, 0.25) is 0 Å². The summed E-state index contributed by atoms with van der Waals surface area (Å²) in [6, 6.07) is 8.54. The Morgan fingerprint density at radius 3 is 2.73 bits per heavy atom. The van der Waals surface area contributed by atoms with Crippen LogP contribution in [0.4, 0.5) is 0 Å². The van der Waals surface area contributed by atoms with Gasteiger partial charge in [-0.25, -0.2) is 4.68 Å². The molecule has 0 saturated carbocycles. The van der Waals surface area contributed by atoms with Crippen molar-refractivity contribution in [2.24, 2.45) is 5.92 Å². The maximum atomic E-state index is 4.39. The normalized spacial score (nSPS) is 19.5. The maximum absolute atomic E-state index is 4.39. The number of nitrogens with zero attached hydrogens (tertiary/aromatic N) is 4. The van der Waals surface area contributed by atoms with Gasteiger partial charge in [-0.1, -0.05) is 53.7 Å². The van der Waals surface area contributed by atoms with Crippen molar-refractivity contribution >= 4 is 39.5 Å². The Morgan fingerprint density at radius 1 is 1.23 bits per heavy atom. The fourth-order valence-electron chi connectivity index (χ4n) is 2.63. The summed E-state index contributed by atoms with van der Waals surface area (Å²) in [6.45, 7) is 4.43. The average molecular weight is 395 g/mol. The van der Waals surface area contributed by atoms with Crippen molar-refractivity contribution in [1.82, 2.24) is 14.9 Å². The molecule has 1 aromatic heterocycles. The first-order valence-corrected chi connectivity index (χ1v) is 9.71. The molecule has 0 fully saturated rings.